The van der Waals surface area contributed by atoms with Crippen LogP contribution in [0.1, 0.15) is 15.9 Å². The lowest BCUT2D eigenvalue weighted by atomic mass is 10.2. The first-order chi connectivity index (χ1) is 8.15. The molecule has 1 N–H and O–H groups in total. The average molecular weight is 228 g/mol. The van der Waals surface area contributed by atoms with E-state index in [0.717, 1.165) is 11.3 Å². The molecular formula is C14H12O3. The average Bonchev–Trinajstić information content (AvgIpc) is 2.29. The van der Waals surface area contributed by atoms with Gasteiger partial charge >= 0.3 is 5.97 Å². The number of aromatic carboxylic acids is 1. The molecule has 3 nitrogen and oxygen atoms in total. The zero-order chi connectivity index (χ0) is 12.3. The van der Waals surface area contributed by atoms with Crippen LogP contribution < -0.4 is 4.74 Å². The largest absolute Gasteiger partial charge is 0.478 e. The third-order valence-corrected chi connectivity index (χ3v) is 2.33. The van der Waals surface area contributed by atoms with Crippen molar-refractivity contribution in [3.05, 3.63) is 59.7 Å². The Bertz CT molecular complexity index is 529. The highest BCUT2D eigenvalue weighted by Gasteiger charge is 2.02. The Kier molecular flexibility index (Phi) is 3.10. The molecule has 0 saturated heterocycles. The lowest BCUT2D eigenvalue weighted by Crippen LogP contribution is -1.95. The topological polar surface area (TPSA) is 46.5 Å². The molecule has 0 fully saturated rings. The van der Waals surface area contributed by atoms with Crippen LogP contribution in [0.5, 0.6) is 11.5 Å². The molecule has 17 heavy (non-hydrogen) atoms. The molecule has 0 aliphatic rings. The van der Waals surface area contributed by atoms with Crippen LogP contribution in [0.15, 0.2) is 48.5 Å². The van der Waals surface area contributed by atoms with Crippen molar-refractivity contribution in [3.8, 4) is 11.5 Å². The smallest absolute Gasteiger partial charge is 0.335 e. The van der Waals surface area contributed by atoms with E-state index in [4.69, 9.17) is 9.84 Å². The highest BCUT2D eigenvalue weighted by molar-refractivity contribution is 5.87. The van der Waals surface area contributed by atoms with E-state index in [2.05, 4.69) is 0 Å². The fraction of sp³-hybridized carbons (Fsp3) is 0.0714. The van der Waals surface area contributed by atoms with Crippen LogP contribution in [0.25, 0.3) is 0 Å². The van der Waals surface area contributed by atoms with E-state index in [-0.39, 0.29) is 5.56 Å². The van der Waals surface area contributed by atoms with Crippen molar-refractivity contribution in [1.29, 1.82) is 0 Å². The molecule has 0 aromatic heterocycles. The summed E-state index contributed by atoms with van der Waals surface area (Å²) in [5, 5.41) is 8.76. The molecule has 3 heteroatoms. The lowest BCUT2D eigenvalue weighted by Gasteiger charge is -2.06. The first-order valence-corrected chi connectivity index (χ1v) is 5.23. The summed E-state index contributed by atoms with van der Waals surface area (Å²) in [4.78, 5) is 10.7. The molecule has 0 saturated carbocycles. The highest BCUT2D eigenvalue weighted by Crippen LogP contribution is 2.22. The van der Waals surface area contributed by atoms with Crippen LogP contribution in [0.4, 0.5) is 0 Å². The summed E-state index contributed by atoms with van der Waals surface area (Å²) >= 11 is 0. The van der Waals surface area contributed by atoms with Gasteiger partial charge in [0, 0.05) is 0 Å². The van der Waals surface area contributed by atoms with E-state index >= 15 is 0 Å². The molecule has 86 valence electrons. The number of benzene rings is 2. The van der Waals surface area contributed by atoms with Crippen LogP contribution in [-0.2, 0) is 0 Å². The van der Waals surface area contributed by atoms with E-state index in [0.29, 0.717) is 5.75 Å². The summed E-state index contributed by atoms with van der Waals surface area (Å²) in [6.45, 7) is 1.99. The number of carboxylic acid groups (broad SMARTS) is 1. The van der Waals surface area contributed by atoms with Gasteiger partial charge in [-0.2, -0.15) is 0 Å². The minimum Gasteiger partial charge on any atom is -0.478 e. The quantitative estimate of drug-likeness (QED) is 0.874. The minimum atomic E-state index is -0.938. The van der Waals surface area contributed by atoms with Gasteiger partial charge in [-0.1, -0.05) is 12.1 Å². The van der Waals surface area contributed by atoms with Gasteiger partial charge in [0.25, 0.3) is 0 Å². The van der Waals surface area contributed by atoms with Gasteiger partial charge < -0.3 is 9.84 Å². The molecular weight excluding hydrogens is 216 g/mol. The van der Waals surface area contributed by atoms with Crippen molar-refractivity contribution in [2.45, 2.75) is 6.92 Å². The summed E-state index contributed by atoms with van der Waals surface area (Å²) in [5.74, 6) is 0.431. The lowest BCUT2D eigenvalue weighted by molar-refractivity contribution is 0.0697. The van der Waals surface area contributed by atoms with Crippen LogP contribution >= 0.6 is 0 Å². The van der Waals surface area contributed by atoms with Crippen molar-refractivity contribution in [1.82, 2.24) is 0 Å². The van der Waals surface area contributed by atoms with Gasteiger partial charge in [0.1, 0.15) is 11.5 Å². The third kappa shape index (κ3) is 2.84. The maximum atomic E-state index is 10.7. The van der Waals surface area contributed by atoms with Gasteiger partial charge in [-0.15, -0.1) is 0 Å². The fourth-order valence-electron chi connectivity index (χ4n) is 1.48. The Morgan fingerprint density at radius 3 is 2.35 bits per heavy atom. The number of rotatable bonds is 3. The van der Waals surface area contributed by atoms with Gasteiger partial charge in [-0.05, 0) is 48.9 Å². The van der Waals surface area contributed by atoms with Crippen molar-refractivity contribution in [2.75, 3.05) is 0 Å². The number of ether oxygens (including phenoxy) is 1. The van der Waals surface area contributed by atoms with E-state index in [1.807, 2.05) is 31.2 Å². The first-order valence-electron chi connectivity index (χ1n) is 5.23. The first kappa shape index (κ1) is 11.2. The molecule has 0 aliphatic carbocycles. The molecule has 0 bridgehead atoms. The predicted molar refractivity (Wildman–Crippen MR) is 64.7 cm³/mol. The van der Waals surface area contributed by atoms with Crippen LogP contribution in [0, 0.1) is 6.92 Å². The molecule has 0 unspecified atom stereocenters. The summed E-state index contributed by atoms with van der Waals surface area (Å²) < 4.78 is 5.60. The summed E-state index contributed by atoms with van der Waals surface area (Å²) in [6, 6.07) is 14.0. The molecule has 2 rings (SSSR count). The van der Waals surface area contributed by atoms with Crippen molar-refractivity contribution >= 4 is 5.97 Å². The zero-order valence-corrected chi connectivity index (χ0v) is 9.38. The number of hydrogen-bond donors (Lipinski definition) is 1. The zero-order valence-electron chi connectivity index (χ0n) is 9.38. The maximum absolute atomic E-state index is 10.7. The third-order valence-electron chi connectivity index (χ3n) is 2.33. The molecule has 2 aromatic rings. The standard InChI is InChI=1S/C14H12O3/c1-10-3-2-4-13(9-10)17-12-7-5-11(6-8-12)14(15)16/h2-9H,1H3,(H,15,16). The van der Waals surface area contributed by atoms with E-state index in [1.165, 1.54) is 12.1 Å². The van der Waals surface area contributed by atoms with E-state index in [1.54, 1.807) is 12.1 Å². The Hall–Kier alpha value is -2.29. The van der Waals surface area contributed by atoms with Gasteiger partial charge in [0.15, 0.2) is 0 Å². The van der Waals surface area contributed by atoms with Crippen LogP contribution in [-0.4, -0.2) is 11.1 Å². The molecule has 0 amide bonds. The normalized spacial score (nSPS) is 9.94. The second kappa shape index (κ2) is 4.70. The van der Waals surface area contributed by atoms with Gasteiger partial charge in [0.2, 0.25) is 0 Å². The molecule has 0 heterocycles. The predicted octanol–water partition coefficient (Wildman–Crippen LogP) is 3.49. The molecule has 0 radical (unpaired) electrons. The van der Waals surface area contributed by atoms with Crippen molar-refractivity contribution in [2.24, 2.45) is 0 Å². The van der Waals surface area contributed by atoms with Gasteiger partial charge in [-0.3, -0.25) is 0 Å². The summed E-state index contributed by atoms with van der Waals surface area (Å²) in [5.41, 5.74) is 1.37. The number of hydrogen-bond acceptors (Lipinski definition) is 2. The van der Waals surface area contributed by atoms with E-state index < -0.39 is 5.97 Å². The summed E-state index contributed by atoms with van der Waals surface area (Å²) in [7, 11) is 0. The van der Waals surface area contributed by atoms with Gasteiger partial charge in [0.05, 0.1) is 5.56 Å². The number of aryl methyl sites for hydroxylation is 1. The van der Waals surface area contributed by atoms with E-state index in [9.17, 15) is 4.79 Å². The molecule has 2 aromatic carbocycles. The monoisotopic (exact) mass is 228 g/mol. The fourth-order valence-corrected chi connectivity index (χ4v) is 1.48. The van der Waals surface area contributed by atoms with Crippen molar-refractivity contribution in [3.63, 3.8) is 0 Å². The molecule has 0 atom stereocenters. The number of carboxylic acids is 1. The number of carbonyl (C=O) groups is 1. The Morgan fingerprint density at radius 2 is 1.76 bits per heavy atom. The summed E-state index contributed by atoms with van der Waals surface area (Å²) in [6.07, 6.45) is 0. The Labute approximate surface area is 99.3 Å². The van der Waals surface area contributed by atoms with Crippen LogP contribution in [0.2, 0.25) is 0 Å². The van der Waals surface area contributed by atoms with Crippen LogP contribution in [0.3, 0.4) is 0 Å². The second-order valence-electron chi connectivity index (χ2n) is 3.75. The maximum Gasteiger partial charge on any atom is 0.335 e. The molecule has 0 aliphatic heterocycles. The second-order valence-corrected chi connectivity index (χ2v) is 3.75. The SMILES string of the molecule is Cc1cccc(Oc2ccc(C(=O)O)cc2)c1. The molecule has 0 spiro atoms. The highest BCUT2D eigenvalue weighted by atomic mass is 16.5. The van der Waals surface area contributed by atoms with Crippen molar-refractivity contribution < 1.29 is 14.6 Å². The minimum absolute atomic E-state index is 0.251. The Balaban J connectivity index is 2.16. The van der Waals surface area contributed by atoms with Gasteiger partial charge in [-0.25, -0.2) is 4.79 Å². The Morgan fingerprint density at radius 1 is 1.06 bits per heavy atom.